The van der Waals surface area contributed by atoms with Gasteiger partial charge >= 0.3 is 0 Å². The van der Waals surface area contributed by atoms with Crippen LogP contribution < -0.4 is 5.84 Å². The van der Waals surface area contributed by atoms with Crippen molar-refractivity contribution in [2.24, 2.45) is 5.84 Å². The average Bonchev–Trinajstić information content (AvgIpc) is 2.19. The predicted octanol–water partition coefficient (Wildman–Crippen LogP) is 1.70. The molecular weight excluding hydrogens is 176 g/mol. The summed E-state index contributed by atoms with van der Waals surface area (Å²) < 4.78 is 5.66. The predicted molar refractivity (Wildman–Crippen MR) is 56.0 cm³/mol. The van der Waals surface area contributed by atoms with E-state index in [1.165, 1.54) is 5.57 Å². The van der Waals surface area contributed by atoms with Crippen LogP contribution in [0.4, 0.5) is 0 Å². The summed E-state index contributed by atoms with van der Waals surface area (Å²) in [5.74, 6) is 7.70. The molecule has 3 heteroatoms. The molecule has 0 fully saturated rings. The number of hydrogen-bond donors (Lipinski definition) is 1. The molecule has 0 aromatic heterocycles. The molecule has 76 valence electrons. The Kier molecular flexibility index (Phi) is 2.70. The molecule has 0 spiro atoms. The molecule has 14 heavy (non-hydrogen) atoms. The highest BCUT2D eigenvalue weighted by Crippen LogP contribution is 2.24. The van der Waals surface area contributed by atoms with Gasteiger partial charge in [0.05, 0.1) is 5.76 Å². The first-order valence-corrected chi connectivity index (χ1v) is 4.99. The Morgan fingerprint density at radius 3 is 2.86 bits per heavy atom. The summed E-state index contributed by atoms with van der Waals surface area (Å²) in [6.45, 7) is 3.72. The summed E-state index contributed by atoms with van der Waals surface area (Å²) in [6.07, 6.45) is 8.32. The standard InChI is InChI=1S/C11H16N2O/c1-9-3-2-4-11(14-9)10-5-7-13(12)8-6-10/h3-5H,2,6-8,12H2,1H3. The largest absolute Gasteiger partial charge is 0.462 e. The van der Waals surface area contributed by atoms with Crippen molar-refractivity contribution < 1.29 is 4.74 Å². The van der Waals surface area contributed by atoms with E-state index in [0.29, 0.717) is 0 Å². The van der Waals surface area contributed by atoms with Gasteiger partial charge in [0.2, 0.25) is 0 Å². The lowest BCUT2D eigenvalue weighted by Crippen LogP contribution is -2.35. The second-order valence-corrected chi connectivity index (χ2v) is 3.70. The van der Waals surface area contributed by atoms with E-state index in [1.54, 1.807) is 0 Å². The van der Waals surface area contributed by atoms with Crippen molar-refractivity contribution >= 4 is 0 Å². The Morgan fingerprint density at radius 2 is 2.21 bits per heavy atom. The minimum absolute atomic E-state index is 0.818. The summed E-state index contributed by atoms with van der Waals surface area (Å²) in [4.78, 5) is 0. The maximum atomic E-state index is 5.67. The molecule has 2 N–H and O–H groups in total. The van der Waals surface area contributed by atoms with Gasteiger partial charge in [-0.25, -0.2) is 5.01 Å². The lowest BCUT2D eigenvalue weighted by molar-refractivity contribution is 0.276. The topological polar surface area (TPSA) is 38.5 Å². The van der Waals surface area contributed by atoms with E-state index >= 15 is 0 Å². The van der Waals surface area contributed by atoms with Crippen molar-refractivity contribution in [3.8, 4) is 0 Å². The first-order valence-electron chi connectivity index (χ1n) is 4.99. The molecule has 2 aliphatic heterocycles. The highest BCUT2D eigenvalue weighted by Gasteiger charge is 2.14. The Morgan fingerprint density at radius 1 is 1.36 bits per heavy atom. The van der Waals surface area contributed by atoms with E-state index in [-0.39, 0.29) is 0 Å². The van der Waals surface area contributed by atoms with Crippen LogP contribution in [0.2, 0.25) is 0 Å². The van der Waals surface area contributed by atoms with Crippen LogP contribution in [0.3, 0.4) is 0 Å². The Bertz CT molecular complexity index is 315. The molecule has 0 saturated carbocycles. The molecule has 0 aromatic rings. The number of hydrazine groups is 1. The number of nitrogens with two attached hydrogens (primary N) is 1. The zero-order valence-electron chi connectivity index (χ0n) is 8.49. The lowest BCUT2D eigenvalue weighted by Gasteiger charge is -2.24. The van der Waals surface area contributed by atoms with Crippen LogP contribution in [0.15, 0.2) is 35.3 Å². The molecule has 2 heterocycles. The SMILES string of the molecule is CC1=CCC=C(C2=CCN(N)CC2)O1. The number of rotatable bonds is 1. The summed E-state index contributed by atoms with van der Waals surface area (Å²) >= 11 is 0. The van der Waals surface area contributed by atoms with Gasteiger partial charge in [0.15, 0.2) is 0 Å². The first-order chi connectivity index (χ1) is 6.75. The molecule has 3 nitrogen and oxygen atoms in total. The van der Waals surface area contributed by atoms with Crippen molar-refractivity contribution in [2.45, 2.75) is 19.8 Å². The van der Waals surface area contributed by atoms with Gasteiger partial charge in [-0.15, -0.1) is 0 Å². The molecule has 2 rings (SSSR count). The van der Waals surface area contributed by atoms with Gasteiger partial charge in [0.1, 0.15) is 5.76 Å². The summed E-state index contributed by atoms with van der Waals surface area (Å²) in [5, 5.41) is 1.82. The lowest BCUT2D eigenvalue weighted by atomic mass is 10.1. The van der Waals surface area contributed by atoms with Gasteiger partial charge in [-0.2, -0.15) is 0 Å². The number of ether oxygens (including phenoxy) is 1. The van der Waals surface area contributed by atoms with Crippen molar-refractivity contribution in [2.75, 3.05) is 13.1 Å². The highest BCUT2D eigenvalue weighted by molar-refractivity contribution is 5.31. The van der Waals surface area contributed by atoms with E-state index in [0.717, 1.165) is 37.4 Å². The van der Waals surface area contributed by atoms with Crippen molar-refractivity contribution in [1.29, 1.82) is 0 Å². The quantitative estimate of drug-likeness (QED) is 0.643. The van der Waals surface area contributed by atoms with E-state index < -0.39 is 0 Å². The second kappa shape index (κ2) is 3.98. The van der Waals surface area contributed by atoms with Crippen LogP contribution in [0, 0.1) is 0 Å². The van der Waals surface area contributed by atoms with Crippen molar-refractivity contribution in [3.05, 3.63) is 35.3 Å². The fraction of sp³-hybridized carbons (Fsp3) is 0.455. The Balaban J connectivity index is 2.06. The zero-order valence-corrected chi connectivity index (χ0v) is 8.49. The Labute approximate surface area is 84.5 Å². The third kappa shape index (κ3) is 2.05. The normalized spacial score (nSPS) is 23.4. The maximum Gasteiger partial charge on any atom is 0.126 e. The molecule has 0 bridgehead atoms. The van der Waals surface area contributed by atoms with Gasteiger partial charge in [0.25, 0.3) is 0 Å². The van der Waals surface area contributed by atoms with Crippen LogP contribution in [0.25, 0.3) is 0 Å². The third-order valence-electron chi connectivity index (χ3n) is 2.54. The molecule has 0 saturated heterocycles. The summed E-state index contributed by atoms with van der Waals surface area (Å²) in [7, 11) is 0. The maximum absolute atomic E-state index is 5.67. The van der Waals surface area contributed by atoms with Crippen LogP contribution >= 0.6 is 0 Å². The van der Waals surface area contributed by atoms with Gasteiger partial charge in [-0.1, -0.05) is 6.08 Å². The molecule has 0 aromatic carbocycles. The monoisotopic (exact) mass is 192 g/mol. The number of allylic oxidation sites excluding steroid dienone is 4. The summed E-state index contributed by atoms with van der Waals surface area (Å²) in [5.41, 5.74) is 1.29. The van der Waals surface area contributed by atoms with Crippen molar-refractivity contribution in [1.82, 2.24) is 5.01 Å². The van der Waals surface area contributed by atoms with Crippen LogP contribution in [-0.4, -0.2) is 18.1 Å². The average molecular weight is 192 g/mol. The minimum Gasteiger partial charge on any atom is -0.462 e. The van der Waals surface area contributed by atoms with E-state index in [2.05, 4.69) is 18.2 Å². The van der Waals surface area contributed by atoms with Crippen LogP contribution in [0.5, 0.6) is 0 Å². The molecular formula is C11H16N2O. The number of hydrogen-bond acceptors (Lipinski definition) is 3. The van der Waals surface area contributed by atoms with E-state index in [1.807, 2.05) is 11.9 Å². The molecule has 0 amide bonds. The summed E-state index contributed by atoms with van der Waals surface area (Å²) in [6, 6.07) is 0. The van der Waals surface area contributed by atoms with Crippen molar-refractivity contribution in [3.63, 3.8) is 0 Å². The zero-order chi connectivity index (χ0) is 9.97. The van der Waals surface area contributed by atoms with Crippen LogP contribution in [-0.2, 0) is 4.74 Å². The highest BCUT2D eigenvalue weighted by atomic mass is 16.5. The fourth-order valence-electron chi connectivity index (χ4n) is 1.69. The molecule has 0 unspecified atom stereocenters. The van der Waals surface area contributed by atoms with Gasteiger partial charge in [-0.05, 0) is 37.5 Å². The Hall–Kier alpha value is -1.06. The minimum atomic E-state index is 0.818. The molecule has 0 atom stereocenters. The first kappa shape index (κ1) is 9.49. The smallest absolute Gasteiger partial charge is 0.126 e. The second-order valence-electron chi connectivity index (χ2n) is 3.70. The molecule has 0 radical (unpaired) electrons. The molecule has 0 aliphatic carbocycles. The van der Waals surface area contributed by atoms with Gasteiger partial charge < -0.3 is 4.74 Å². The van der Waals surface area contributed by atoms with E-state index in [4.69, 9.17) is 10.6 Å². The molecule has 2 aliphatic rings. The fourth-order valence-corrected chi connectivity index (χ4v) is 1.69. The van der Waals surface area contributed by atoms with Gasteiger partial charge in [-0.3, -0.25) is 5.84 Å². The van der Waals surface area contributed by atoms with Gasteiger partial charge in [0, 0.05) is 13.1 Å². The number of nitrogens with zero attached hydrogens (tertiary/aromatic N) is 1. The van der Waals surface area contributed by atoms with Crippen LogP contribution in [0.1, 0.15) is 19.8 Å². The van der Waals surface area contributed by atoms with E-state index in [9.17, 15) is 0 Å². The third-order valence-corrected chi connectivity index (χ3v) is 2.54.